The van der Waals surface area contributed by atoms with Crippen LogP contribution in [0.1, 0.15) is 107 Å². The fourth-order valence-corrected chi connectivity index (χ4v) is 7.07. The van der Waals surface area contributed by atoms with Crippen LogP contribution >= 0.6 is 0 Å². The van der Waals surface area contributed by atoms with Crippen molar-refractivity contribution in [1.29, 1.82) is 0 Å². The number of rotatable bonds is 11. The second kappa shape index (κ2) is 18.0. The lowest BCUT2D eigenvalue weighted by atomic mass is 9.78. The minimum Gasteiger partial charge on any atom is -0.207 e. The number of halogens is 1. The smallest absolute Gasteiger partial charge is 0.127 e. The van der Waals surface area contributed by atoms with E-state index in [0.29, 0.717) is 12.3 Å². The largest absolute Gasteiger partial charge is 0.207 e. The Balaban J connectivity index is 0.00000511. The van der Waals surface area contributed by atoms with Gasteiger partial charge in [0.1, 0.15) is 5.82 Å². The highest BCUT2D eigenvalue weighted by molar-refractivity contribution is 5.81. The van der Waals surface area contributed by atoms with E-state index in [-0.39, 0.29) is 15.5 Å². The summed E-state index contributed by atoms with van der Waals surface area (Å²) >= 11 is 0. The zero-order chi connectivity index (χ0) is 36.3. The fourth-order valence-electron chi connectivity index (χ4n) is 7.07. The number of benzene rings is 3. The first-order valence-electron chi connectivity index (χ1n) is 18.1. The SMILES string of the molecule is C=C=C(Cc1cccc(-c2cccc(-c3cc(F)c(CCC(C)(C)CC=C)c(/C=C\C)c3)c2C)c1C)C1=CC(C)/C(=C\C)C/C1=C/C.CC.[HH].[HH].[HH]. The van der Waals surface area contributed by atoms with Crippen molar-refractivity contribution in [1.82, 2.24) is 0 Å². The molecule has 0 N–H and O–H groups in total. The second-order valence-corrected chi connectivity index (χ2v) is 13.8. The van der Waals surface area contributed by atoms with E-state index in [0.717, 1.165) is 59.1 Å². The van der Waals surface area contributed by atoms with Crippen molar-refractivity contribution < 1.29 is 8.67 Å². The van der Waals surface area contributed by atoms with Gasteiger partial charge in [-0.1, -0.05) is 120 Å². The van der Waals surface area contributed by atoms with Crippen LogP contribution in [0.3, 0.4) is 0 Å². The second-order valence-electron chi connectivity index (χ2n) is 13.8. The van der Waals surface area contributed by atoms with Crippen LogP contribution in [0.4, 0.5) is 4.39 Å². The molecule has 0 bridgehead atoms. The molecule has 0 spiro atoms. The standard InChI is InChI=1S/C46H53F.C2H6.3H2/c1-11-18-38-29-39(30-45(47)43(38)23-25-46(9,10)24-12-2)40-20-17-22-42(33(40)8)41-21-16-19-37(32(41)7)28-36(15-5)44-26-31(6)34(13-3)27-35(44)14-4;1-2;;;/h11-14,16-22,26,29-31H,2,5,23-25,27-28H2,1,3-4,6-10H3;1-2H3;3*1H/b18-11-,34-13-,35-14-;;;;. The number of allylic oxidation sites excluding steroid dienone is 9. The summed E-state index contributed by atoms with van der Waals surface area (Å²) in [5.74, 6) is 0.265. The average Bonchev–Trinajstić information content (AvgIpc) is 3.08. The van der Waals surface area contributed by atoms with E-state index in [9.17, 15) is 0 Å². The maximum atomic E-state index is 15.9. The Morgan fingerprint density at radius 2 is 1.63 bits per heavy atom. The van der Waals surface area contributed by atoms with E-state index < -0.39 is 0 Å². The van der Waals surface area contributed by atoms with E-state index in [2.05, 4.69) is 128 Å². The van der Waals surface area contributed by atoms with Gasteiger partial charge in [0.15, 0.2) is 0 Å². The van der Waals surface area contributed by atoms with Crippen LogP contribution in [0, 0.1) is 31.0 Å². The molecule has 0 heterocycles. The molecule has 0 saturated heterocycles. The minimum absolute atomic E-state index is 0. The van der Waals surface area contributed by atoms with Gasteiger partial charge in [-0.3, -0.25) is 0 Å². The molecule has 1 heteroatoms. The van der Waals surface area contributed by atoms with Gasteiger partial charge in [0, 0.05) is 16.3 Å². The Kier molecular flexibility index (Phi) is 14.4. The summed E-state index contributed by atoms with van der Waals surface area (Å²) in [7, 11) is 0. The molecule has 1 aliphatic rings. The predicted octanol–water partition coefficient (Wildman–Crippen LogP) is 15.2. The van der Waals surface area contributed by atoms with E-state index in [4.69, 9.17) is 0 Å². The average molecular weight is 661 g/mol. The Labute approximate surface area is 302 Å². The molecule has 264 valence electrons. The summed E-state index contributed by atoms with van der Waals surface area (Å²) in [5.41, 5.74) is 18.4. The summed E-state index contributed by atoms with van der Waals surface area (Å²) in [6.45, 7) is 29.4. The number of hydrogen-bond donors (Lipinski definition) is 0. The molecule has 0 aliphatic heterocycles. The summed E-state index contributed by atoms with van der Waals surface area (Å²) < 4.78 is 15.9. The van der Waals surface area contributed by atoms with Crippen molar-refractivity contribution in [2.24, 2.45) is 11.3 Å². The molecule has 0 amide bonds. The van der Waals surface area contributed by atoms with Crippen LogP contribution < -0.4 is 0 Å². The molecule has 49 heavy (non-hydrogen) atoms. The topological polar surface area (TPSA) is 0 Å². The number of hydrogen-bond acceptors (Lipinski definition) is 0. The van der Waals surface area contributed by atoms with Crippen molar-refractivity contribution in [2.75, 3.05) is 0 Å². The first-order valence-corrected chi connectivity index (χ1v) is 18.1. The molecular formula is C48H65F. The third kappa shape index (κ3) is 9.29. The maximum Gasteiger partial charge on any atom is 0.127 e. The Morgan fingerprint density at radius 3 is 2.24 bits per heavy atom. The van der Waals surface area contributed by atoms with Crippen LogP contribution in [-0.2, 0) is 12.8 Å². The lowest BCUT2D eigenvalue weighted by molar-refractivity contribution is 0.338. The predicted molar refractivity (Wildman–Crippen MR) is 222 cm³/mol. The van der Waals surface area contributed by atoms with Crippen LogP contribution in [0.5, 0.6) is 0 Å². The van der Waals surface area contributed by atoms with Crippen molar-refractivity contribution in [2.45, 2.75) is 101 Å². The minimum atomic E-state index is -0.134. The van der Waals surface area contributed by atoms with Gasteiger partial charge >= 0.3 is 0 Å². The molecule has 3 aromatic rings. The highest BCUT2D eigenvalue weighted by atomic mass is 19.1. The van der Waals surface area contributed by atoms with E-state index in [1.54, 1.807) is 6.07 Å². The summed E-state index contributed by atoms with van der Waals surface area (Å²) in [6.07, 6.45) is 17.1. The van der Waals surface area contributed by atoms with Gasteiger partial charge in [-0.25, -0.2) is 4.39 Å². The zero-order valence-corrected chi connectivity index (χ0v) is 32.0. The van der Waals surface area contributed by atoms with Crippen LogP contribution in [0.15, 0.2) is 120 Å². The summed E-state index contributed by atoms with van der Waals surface area (Å²) in [6, 6.07) is 16.9. The molecular weight excluding hydrogens is 596 g/mol. The first kappa shape index (κ1) is 39.3. The first-order chi connectivity index (χ1) is 23.5. The molecule has 0 saturated carbocycles. The Hall–Kier alpha value is -4.19. The van der Waals surface area contributed by atoms with E-state index >= 15 is 4.39 Å². The van der Waals surface area contributed by atoms with Crippen molar-refractivity contribution in [3.8, 4) is 22.3 Å². The van der Waals surface area contributed by atoms with Gasteiger partial charge in [0.25, 0.3) is 0 Å². The van der Waals surface area contributed by atoms with Crippen molar-refractivity contribution in [3.05, 3.63) is 154 Å². The molecule has 0 radical (unpaired) electrons. The highest BCUT2D eigenvalue weighted by Crippen LogP contribution is 2.39. The molecule has 1 unspecified atom stereocenters. The lowest BCUT2D eigenvalue weighted by Gasteiger charge is -2.26. The molecule has 1 aliphatic carbocycles. The summed E-state index contributed by atoms with van der Waals surface area (Å²) in [4.78, 5) is 0. The van der Waals surface area contributed by atoms with Crippen molar-refractivity contribution >= 4 is 6.08 Å². The fraction of sp³-hybridized carbons (Fsp3) is 0.354. The third-order valence-corrected chi connectivity index (χ3v) is 10.1. The van der Waals surface area contributed by atoms with Crippen LogP contribution in [-0.4, -0.2) is 0 Å². The molecule has 4 rings (SSSR count). The Bertz CT molecular complexity index is 1830. The monoisotopic (exact) mass is 661 g/mol. The Morgan fingerprint density at radius 1 is 0.980 bits per heavy atom. The quantitative estimate of drug-likeness (QED) is 0.142. The normalized spacial score (nSPS) is 16.3. The molecule has 0 aromatic heterocycles. The van der Waals surface area contributed by atoms with Gasteiger partial charge in [-0.2, -0.15) is 0 Å². The van der Waals surface area contributed by atoms with Gasteiger partial charge < -0.3 is 0 Å². The van der Waals surface area contributed by atoms with Crippen LogP contribution in [0.2, 0.25) is 0 Å². The third-order valence-electron chi connectivity index (χ3n) is 10.1. The summed E-state index contributed by atoms with van der Waals surface area (Å²) in [5, 5.41) is 0. The maximum absolute atomic E-state index is 15.9. The molecule has 3 aromatic carbocycles. The van der Waals surface area contributed by atoms with Crippen LogP contribution in [0.25, 0.3) is 28.3 Å². The van der Waals surface area contributed by atoms with Gasteiger partial charge in [-0.05, 0) is 145 Å². The highest BCUT2D eigenvalue weighted by Gasteiger charge is 2.23. The molecule has 1 atom stereocenters. The molecule has 0 nitrogen and oxygen atoms in total. The lowest BCUT2D eigenvalue weighted by Crippen LogP contribution is -2.12. The van der Waals surface area contributed by atoms with Gasteiger partial charge in [-0.15, -0.1) is 12.3 Å². The van der Waals surface area contributed by atoms with Gasteiger partial charge in [0.05, 0.1) is 0 Å². The van der Waals surface area contributed by atoms with E-state index in [1.807, 2.05) is 39.0 Å². The van der Waals surface area contributed by atoms with E-state index in [1.165, 1.54) is 39.0 Å². The zero-order valence-electron chi connectivity index (χ0n) is 32.0. The van der Waals surface area contributed by atoms with Crippen molar-refractivity contribution in [3.63, 3.8) is 0 Å². The molecule has 0 fully saturated rings. The van der Waals surface area contributed by atoms with Gasteiger partial charge in [0.2, 0.25) is 0 Å².